The summed E-state index contributed by atoms with van der Waals surface area (Å²) in [4.78, 5) is 18.3. The number of nitrogens with one attached hydrogen (secondary N) is 1. The molecule has 3 rings (SSSR count). The van der Waals surface area contributed by atoms with Gasteiger partial charge in [0.15, 0.2) is 0 Å². The van der Waals surface area contributed by atoms with Gasteiger partial charge in [-0.2, -0.15) is 0 Å². The van der Waals surface area contributed by atoms with Crippen LogP contribution in [0.25, 0.3) is 0 Å². The Morgan fingerprint density at radius 3 is 2.62 bits per heavy atom. The maximum absolute atomic E-state index is 11.4. The molecule has 1 aromatic carbocycles. The Hall–Kier alpha value is -2.80. The zero-order valence-corrected chi connectivity index (χ0v) is 19.3. The van der Waals surface area contributed by atoms with Gasteiger partial charge >= 0.3 is 5.97 Å². The van der Waals surface area contributed by atoms with Gasteiger partial charge in [-0.05, 0) is 68.9 Å². The van der Waals surface area contributed by atoms with Crippen molar-refractivity contribution in [3.8, 4) is 5.75 Å². The number of aromatic nitrogens is 1. The number of carboxylic acids is 1. The molecule has 174 valence electrons. The van der Waals surface area contributed by atoms with Crippen LogP contribution in [0.1, 0.15) is 57.9 Å². The van der Waals surface area contributed by atoms with Gasteiger partial charge in [0.25, 0.3) is 0 Å². The normalized spacial score (nSPS) is 15.2. The summed E-state index contributed by atoms with van der Waals surface area (Å²) in [5.74, 6) is 0.646. The number of anilines is 3. The quantitative estimate of drug-likeness (QED) is 0.496. The van der Waals surface area contributed by atoms with E-state index in [1.54, 1.807) is 6.20 Å². The number of pyridine rings is 1. The van der Waals surface area contributed by atoms with Gasteiger partial charge in [-0.3, -0.25) is 4.79 Å². The van der Waals surface area contributed by atoms with Crippen LogP contribution in [0.2, 0.25) is 0 Å². The molecule has 1 aromatic heterocycles. The van der Waals surface area contributed by atoms with Gasteiger partial charge in [0.1, 0.15) is 11.6 Å². The van der Waals surface area contributed by atoms with E-state index in [0.717, 1.165) is 67.5 Å². The average Bonchev–Trinajstić information content (AvgIpc) is 2.81. The Bertz CT molecular complexity index is 866. The Morgan fingerprint density at radius 2 is 2.03 bits per heavy atom. The molecule has 2 aromatic rings. The molecule has 1 fully saturated rings. The van der Waals surface area contributed by atoms with E-state index in [1.807, 2.05) is 26.0 Å². The molecule has 1 aliphatic rings. The molecule has 1 saturated heterocycles. The lowest BCUT2D eigenvalue weighted by Crippen LogP contribution is -2.39. The summed E-state index contributed by atoms with van der Waals surface area (Å²) in [5, 5.41) is 12.8. The van der Waals surface area contributed by atoms with Crippen LogP contribution in [0, 0.1) is 0 Å². The fourth-order valence-electron chi connectivity index (χ4n) is 4.33. The van der Waals surface area contributed by atoms with Gasteiger partial charge in [0, 0.05) is 25.8 Å². The molecule has 2 N–H and O–H groups in total. The van der Waals surface area contributed by atoms with Crippen LogP contribution < -0.4 is 15.0 Å². The minimum Gasteiger partial charge on any atom is -0.492 e. The second-order valence-electron chi connectivity index (χ2n) is 8.05. The third kappa shape index (κ3) is 6.13. The van der Waals surface area contributed by atoms with E-state index in [4.69, 9.17) is 9.47 Å². The maximum atomic E-state index is 11.4. The molecule has 0 aliphatic carbocycles. The zero-order chi connectivity index (χ0) is 22.9. The molecule has 1 aliphatic heterocycles. The summed E-state index contributed by atoms with van der Waals surface area (Å²) in [6.45, 7) is 9.17. The molecule has 0 spiro atoms. The highest BCUT2D eigenvalue weighted by Crippen LogP contribution is 2.36. The number of ether oxygens (including phenoxy) is 2. The summed E-state index contributed by atoms with van der Waals surface area (Å²) in [5.41, 5.74) is 3.07. The van der Waals surface area contributed by atoms with Crippen LogP contribution in [0.3, 0.4) is 0 Å². The molecule has 2 heterocycles. The Kier molecular flexibility index (Phi) is 8.73. The van der Waals surface area contributed by atoms with Gasteiger partial charge in [-0.25, -0.2) is 4.98 Å². The standard InChI is InChI=1S/C25H35N3O4/c1-4-18(16-25(29)30)19-7-9-23(28(5-2)20-11-13-31-14-12-20)22(15-19)27-24-10-8-21(17-26-24)32-6-3/h7-10,15,17-18,20H,4-6,11-14,16H2,1-3H3,(H,26,27)(H,29,30)/t18-/m0/s1. The van der Waals surface area contributed by atoms with Crippen LogP contribution in [0.15, 0.2) is 36.5 Å². The predicted octanol–water partition coefficient (Wildman–Crippen LogP) is 5.20. The van der Waals surface area contributed by atoms with Crippen molar-refractivity contribution >= 4 is 23.2 Å². The van der Waals surface area contributed by atoms with Crippen LogP contribution in [-0.2, 0) is 9.53 Å². The van der Waals surface area contributed by atoms with Crippen molar-refractivity contribution in [2.45, 2.75) is 58.4 Å². The first-order valence-electron chi connectivity index (χ1n) is 11.6. The molecule has 0 saturated carbocycles. The van der Waals surface area contributed by atoms with Crippen LogP contribution in [0.4, 0.5) is 17.2 Å². The highest BCUT2D eigenvalue weighted by Gasteiger charge is 2.24. The summed E-state index contributed by atoms with van der Waals surface area (Å²) < 4.78 is 11.1. The predicted molar refractivity (Wildman–Crippen MR) is 127 cm³/mol. The minimum absolute atomic E-state index is 0.0338. The lowest BCUT2D eigenvalue weighted by atomic mass is 9.92. The fraction of sp³-hybridized carbons (Fsp3) is 0.520. The number of rotatable bonds is 11. The highest BCUT2D eigenvalue weighted by molar-refractivity contribution is 5.76. The number of benzene rings is 1. The van der Waals surface area contributed by atoms with E-state index >= 15 is 0 Å². The van der Waals surface area contributed by atoms with E-state index < -0.39 is 5.97 Å². The lowest BCUT2D eigenvalue weighted by molar-refractivity contribution is -0.137. The smallest absolute Gasteiger partial charge is 0.303 e. The molecule has 1 atom stereocenters. The lowest BCUT2D eigenvalue weighted by Gasteiger charge is -2.36. The van der Waals surface area contributed by atoms with Crippen molar-refractivity contribution in [2.75, 3.05) is 36.6 Å². The van der Waals surface area contributed by atoms with Crippen LogP contribution in [-0.4, -0.2) is 48.5 Å². The number of hydrogen-bond acceptors (Lipinski definition) is 6. The number of nitrogens with zero attached hydrogens (tertiary/aromatic N) is 2. The van der Waals surface area contributed by atoms with Crippen molar-refractivity contribution in [2.24, 2.45) is 0 Å². The second-order valence-corrected chi connectivity index (χ2v) is 8.05. The van der Waals surface area contributed by atoms with Gasteiger partial charge in [-0.15, -0.1) is 0 Å². The van der Waals surface area contributed by atoms with E-state index in [1.165, 1.54) is 0 Å². The molecule has 7 nitrogen and oxygen atoms in total. The average molecular weight is 442 g/mol. The summed E-state index contributed by atoms with van der Waals surface area (Å²) in [6, 6.07) is 10.5. The molecule has 0 bridgehead atoms. The first kappa shape index (κ1) is 23.9. The van der Waals surface area contributed by atoms with Gasteiger partial charge in [0.2, 0.25) is 0 Å². The molecule has 32 heavy (non-hydrogen) atoms. The highest BCUT2D eigenvalue weighted by atomic mass is 16.5. The maximum Gasteiger partial charge on any atom is 0.303 e. The van der Waals surface area contributed by atoms with Crippen LogP contribution in [0.5, 0.6) is 5.75 Å². The van der Waals surface area contributed by atoms with Crippen molar-refractivity contribution in [3.05, 3.63) is 42.1 Å². The third-order valence-electron chi connectivity index (χ3n) is 6.00. The van der Waals surface area contributed by atoms with E-state index in [2.05, 4.69) is 40.3 Å². The number of carboxylic acid groups (broad SMARTS) is 1. The van der Waals surface area contributed by atoms with E-state index in [-0.39, 0.29) is 12.3 Å². The van der Waals surface area contributed by atoms with E-state index in [0.29, 0.717) is 12.6 Å². The Labute approximate surface area is 190 Å². The molecule has 0 unspecified atom stereocenters. The monoisotopic (exact) mass is 441 g/mol. The molecule has 0 radical (unpaired) electrons. The number of carbonyl (C=O) groups is 1. The minimum atomic E-state index is -0.777. The molecular formula is C25H35N3O4. The van der Waals surface area contributed by atoms with Crippen LogP contribution >= 0.6 is 0 Å². The summed E-state index contributed by atoms with van der Waals surface area (Å²) in [6.07, 6.45) is 4.59. The van der Waals surface area contributed by atoms with Gasteiger partial charge < -0.3 is 24.8 Å². The van der Waals surface area contributed by atoms with Crippen molar-refractivity contribution in [1.82, 2.24) is 4.98 Å². The third-order valence-corrected chi connectivity index (χ3v) is 6.00. The van der Waals surface area contributed by atoms with Gasteiger partial charge in [0.05, 0.1) is 30.6 Å². The van der Waals surface area contributed by atoms with Crippen molar-refractivity contribution < 1.29 is 19.4 Å². The van der Waals surface area contributed by atoms with Crippen molar-refractivity contribution in [1.29, 1.82) is 0 Å². The first-order valence-corrected chi connectivity index (χ1v) is 11.6. The molecular weight excluding hydrogens is 406 g/mol. The Balaban J connectivity index is 1.96. The fourth-order valence-corrected chi connectivity index (χ4v) is 4.33. The first-order chi connectivity index (χ1) is 15.5. The molecule has 7 heteroatoms. The van der Waals surface area contributed by atoms with Gasteiger partial charge in [-0.1, -0.05) is 13.0 Å². The Morgan fingerprint density at radius 1 is 1.25 bits per heavy atom. The van der Waals surface area contributed by atoms with Crippen molar-refractivity contribution in [3.63, 3.8) is 0 Å². The SMILES string of the molecule is CCOc1ccc(Nc2cc([C@@H](CC)CC(=O)O)ccc2N(CC)C2CCOCC2)nc1. The number of aliphatic carboxylic acids is 1. The largest absolute Gasteiger partial charge is 0.492 e. The second kappa shape index (κ2) is 11.7. The topological polar surface area (TPSA) is 83.9 Å². The zero-order valence-electron chi connectivity index (χ0n) is 19.3. The summed E-state index contributed by atoms with van der Waals surface area (Å²) in [7, 11) is 0. The summed E-state index contributed by atoms with van der Waals surface area (Å²) >= 11 is 0. The van der Waals surface area contributed by atoms with E-state index in [9.17, 15) is 9.90 Å². The molecule has 0 amide bonds. The number of hydrogen-bond donors (Lipinski definition) is 2.